The van der Waals surface area contributed by atoms with Crippen molar-refractivity contribution in [2.45, 2.75) is 39.2 Å². The summed E-state index contributed by atoms with van der Waals surface area (Å²) in [7, 11) is 0. The standard InChI is InChI=1S/C17H21NO2/c1-4-16(19)15-10-9-13(11-18-15)20-17-8-6-5-7-14(17)12(2)3/h5-12,16,19H,4H2,1-3H3. The Balaban J connectivity index is 2.18. The van der Waals surface area contributed by atoms with Crippen molar-refractivity contribution < 1.29 is 9.84 Å². The summed E-state index contributed by atoms with van der Waals surface area (Å²) in [5, 5.41) is 9.72. The zero-order valence-electron chi connectivity index (χ0n) is 12.2. The summed E-state index contributed by atoms with van der Waals surface area (Å²) in [6.45, 7) is 6.21. The van der Waals surface area contributed by atoms with E-state index in [9.17, 15) is 5.11 Å². The van der Waals surface area contributed by atoms with Crippen LogP contribution < -0.4 is 4.74 Å². The number of hydrogen-bond acceptors (Lipinski definition) is 3. The van der Waals surface area contributed by atoms with Crippen LogP contribution in [-0.4, -0.2) is 10.1 Å². The second kappa shape index (κ2) is 6.53. The van der Waals surface area contributed by atoms with Crippen LogP contribution in [0, 0.1) is 0 Å². The molecule has 1 aromatic heterocycles. The molecular weight excluding hydrogens is 250 g/mol. The average molecular weight is 271 g/mol. The molecule has 106 valence electrons. The lowest BCUT2D eigenvalue weighted by atomic mass is 10.0. The molecule has 1 aromatic carbocycles. The largest absolute Gasteiger partial charge is 0.455 e. The fraction of sp³-hybridized carbons (Fsp3) is 0.353. The van der Waals surface area contributed by atoms with Crippen molar-refractivity contribution in [1.82, 2.24) is 4.98 Å². The predicted molar refractivity (Wildman–Crippen MR) is 80.1 cm³/mol. The van der Waals surface area contributed by atoms with Gasteiger partial charge in [-0.3, -0.25) is 4.98 Å². The van der Waals surface area contributed by atoms with Crippen LogP contribution in [-0.2, 0) is 0 Å². The van der Waals surface area contributed by atoms with Gasteiger partial charge in [-0.15, -0.1) is 0 Å². The lowest BCUT2D eigenvalue weighted by Crippen LogP contribution is -1.99. The highest BCUT2D eigenvalue weighted by Crippen LogP contribution is 2.30. The predicted octanol–water partition coefficient (Wildman–Crippen LogP) is 4.44. The van der Waals surface area contributed by atoms with Gasteiger partial charge in [-0.25, -0.2) is 0 Å². The first-order valence-electron chi connectivity index (χ1n) is 7.02. The van der Waals surface area contributed by atoms with Gasteiger partial charge in [0.2, 0.25) is 0 Å². The lowest BCUT2D eigenvalue weighted by Gasteiger charge is -2.14. The molecule has 0 radical (unpaired) electrons. The molecule has 2 aromatic rings. The number of aromatic nitrogens is 1. The van der Waals surface area contributed by atoms with Gasteiger partial charge in [-0.2, -0.15) is 0 Å². The summed E-state index contributed by atoms with van der Waals surface area (Å²) >= 11 is 0. The van der Waals surface area contributed by atoms with E-state index in [1.54, 1.807) is 6.20 Å². The van der Waals surface area contributed by atoms with Crippen LogP contribution in [0.4, 0.5) is 0 Å². The molecule has 0 saturated carbocycles. The van der Waals surface area contributed by atoms with Crippen molar-refractivity contribution in [2.75, 3.05) is 0 Å². The Morgan fingerprint density at radius 3 is 2.50 bits per heavy atom. The van der Waals surface area contributed by atoms with Crippen molar-refractivity contribution in [3.63, 3.8) is 0 Å². The van der Waals surface area contributed by atoms with Gasteiger partial charge >= 0.3 is 0 Å². The van der Waals surface area contributed by atoms with Crippen molar-refractivity contribution in [3.05, 3.63) is 53.9 Å². The van der Waals surface area contributed by atoms with Crippen molar-refractivity contribution in [3.8, 4) is 11.5 Å². The molecular formula is C17H21NO2. The van der Waals surface area contributed by atoms with Gasteiger partial charge in [0.25, 0.3) is 0 Å². The summed E-state index contributed by atoms with van der Waals surface area (Å²) in [5.41, 5.74) is 1.85. The third-order valence-electron chi connectivity index (χ3n) is 3.26. The quantitative estimate of drug-likeness (QED) is 0.874. The molecule has 0 amide bonds. The molecule has 1 heterocycles. The summed E-state index contributed by atoms with van der Waals surface area (Å²) in [5.74, 6) is 1.94. The van der Waals surface area contributed by atoms with E-state index in [2.05, 4.69) is 24.9 Å². The summed E-state index contributed by atoms with van der Waals surface area (Å²) in [6.07, 6.45) is 1.81. The van der Waals surface area contributed by atoms with Gasteiger partial charge < -0.3 is 9.84 Å². The first-order valence-corrected chi connectivity index (χ1v) is 7.02. The Labute approximate surface area is 120 Å². The third kappa shape index (κ3) is 3.36. The Bertz CT molecular complexity index is 549. The Kier molecular flexibility index (Phi) is 4.74. The van der Waals surface area contributed by atoms with E-state index < -0.39 is 6.10 Å². The topological polar surface area (TPSA) is 42.4 Å². The molecule has 0 aliphatic rings. The Morgan fingerprint density at radius 2 is 1.90 bits per heavy atom. The number of nitrogens with zero attached hydrogens (tertiary/aromatic N) is 1. The summed E-state index contributed by atoms with van der Waals surface area (Å²) in [4.78, 5) is 4.25. The molecule has 0 fully saturated rings. The lowest BCUT2D eigenvalue weighted by molar-refractivity contribution is 0.169. The number of aliphatic hydroxyl groups excluding tert-OH is 1. The molecule has 3 heteroatoms. The van der Waals surface area contributed by atoms with E-state index >= 15 is 0 Å². The van der Waals surface area contributed by atoms with Crippen LogP contribution >= 0.6 is 0 Å². The van der Waals surface area contributed by atoms with Gasteiger partial charge in [0, 0.05) is 0 Å². The molecule has 1 atom stereocenters. The van der Waals surface area contributed by atoms with Crippen LogP contribution in [0.2, 0.25) is 0 Å². The first kappa shape index (κ1) is 14.5. The average Bonchev–Trinajstić information content (AvgIpc) is 2.47. The van der Waals surface area contributed by atoms with Crippen LogP contribution in [0.3, 0.4) is 0 Å². The Morgan fingerprint density at radius 1 is 1.15 bits per heavy atom. The normalized spacial score (nSPS) is 12.4. The minimum atomic E-state index is -0.507. The number of pyridine rings is 1. The van der Waals surface area contributed by atoms with Gasteiger partial charge in [-0.05, 0) is 36.1 Å². The maximum atomic E-state index is 9.72. The molecule has 1 unspecified atom stereocenters. The van der Waals surface area contributed by atoms with Crippen LogP contribution in [0.25, 0.3) is 0 Å². The third-order valence-corrected chi connectivity index (χ3v) is 3.26. The summed E-state index contributed by atoms with van der Waals surface area (Å²) < 4.78 is 5.90. The van der Waals surface area contributed by atoms with Gasteiger partial charge in [-0.1, -0.05) is 39.0 Å². The highest BCUT2D eigenvalue weighted by Gasteiger charge is 2.09. The fourth-order valence-corrected chi connectivity index (χ4v) is 2.04. The minimum absolute atomic E-state index is 0.403. The molecule has 1 N–H and O–H groups in total. The van der Waals surface area contributed by atoms with Crippen LogP contribution in [0.1, 0.15) is 50.5 Å². The van der Waals surface area contributed by atoms with Crippen molar-refractivity contribution >= 4 is 0 Å². The van der Waals surface area contributed by atoms with Gasteiger partial charge in [0.15, 0.2) is 0 Å². The number of ether oxygens (including phenoxy) is 1. The monoisotopic (exact) mass is 271 g/mol. The van der Waals surface area contributed by atoms with E-state index in [0.29, 0.717) is 23.8 Å². The SMILES string of the molecule is CCC(O)c1ccc(Oc2ccccc2C(C)C)cn1. The van der Waals surface area contributed by atoms with E-state index in [0.717, 1.165) is 5.75 Å². The minimum Gasteiger partial charge on any atom is -0.455 e. The zero-order valence-corrected chi connectivity index (χ0v) is 12.2. The molecule has 0 saturated heterocycles. The molecule has 20 heavy (non-hydrogen) atoms. The van der Waals surface area contributed by atoms with E-state index in [-0.39, 0.29) is 0 Å². The Hall–Kier alpha value is -1.87. The van der Waals surface area contributed by atoms with Crippen LogP contribution in [0.15, 0.2) is 42.6 Å². The molecule has 0 aliphatic carbocycles. The number of hydrogen-bond donors (Lipinski definition) is 1. The second-order valence-corrected chi connectivity index (χ2v) is 5.14. The highest BCUT2D eigenvalue weighted by atomic mass is 16.5. The number of para-hydroxylation sites is 1. The van der Waals surface area contributed by atoms with E-state index in [4.69, 9.17) is 4.74 Å². The first-order chi connectivity index (χ1) is 9.61. The van der Waals surface area contributed by atoms with E-state index in [1.807, 2.05) is 37.3 Å². The number of benzene rings is 1. The van der Waals surface area contributed by atoms with Gasteiger partial charge in [0.1, 0.15) is 11.5 Å². The highest BCUT2D eigenvalue weighted by molar-refractivity contribution is 5.39. The van der Waals surface area contributed by atoms with Crippen molar-refractivity contribution in [1.29, 1.82) is 0 Å². The van der Waals surface area contributed by atoms with E-state index in [1.165, 1.54) is 5.56 Å². The molecule has 0 spiro atoms. The maximum absolute atomic E-state index is 9.72. The number of rotatable bonds is 5. The second-order valence-electron chi connectivity index (χ2n) is 5.14. The van der Waals surface area contributed by atoms with Gasteiger partial charge in [0.05, 0.1) is 18.0 Å². The fourth-order valence-electron chi connectivity index (χ4n) is 2.04. The molecule has 3 nitrogen and oxygen atoms in total. The number of aliphatic hydroxyl groups is 1. The smallest absolute Gasteiger partial charge is 0.145 e. The molecule has 2 rings (SSSR count). The van der Waals surface area contributed by atoms with Crippen molar-refractivity contribution in [2.24, 2.45) is 0 Å². The van der Waals surface area contributed by atoms with Crippen LogP contribution in [0.5, 0.6) is 11.5 Å². The maximum Gasteiger partial charge on any atom is 0.145 e. The zero-order chi connectivity index (χ0) is 14.5. The molecule has 0 aliphatic heterocycles. The summed E-state index contributed by atoms with van der Waals surface area (Å²) in [6, 6.07) is 11.7. The molecule has 0 bridgehead atoms.